The van der Waals surface area contributed by atoms with Gasteiger partial charge in [-0.1, -0.05) is 6.07 Å². The van der Waals surface area contributed by atoms with Gasteiger partial charge in [0.25, 0.3) is 5.91 Å². The third kappa shape index (κ3) is 3.84. The highest BCUT2D eigenvalue weighted by Gasteiger charge is 2.29. The van der Waals surface area contributed by atoms with Crippen molar-refractivity contribution in [2.45, 2.75) is 26.7 Å². The van der Waals surface area contributed by atoms with E-state index in [9.17, 15) is 9.59 Å². The molecule has 1 saturated heterocycles. The van der Waals surface area contributed by atoms with Crippen LogP contribution < -0.4 is 0 Å². The SMILES string of the molecule is CCOC(=O)C1CCN(C(=O)c2ccc(C)cc2Br)CC1. The van der Waals surface area contributed by atoms with Gasteiger partial charge >= 0.3 is 5.97 Å². The second-order valence-electron chi connectivity index (χ2n) is 5.30. The van der Waals surface area contributed by atoms with Crippen LogP contribution >= 0.6 is 15.9 Å². The summed E-state index contributed by atoms with van der Waals surface area (Å²) in [6.07, 6.45) is 1.35. The molecule has 0 N–H and O–H groups in total. The molecule has 21 heavy (non-hydrogen) atoms. The summed E-state index contributed by atoms with van der Waals surface area (Å²) in [6.45, 7) is 5.41. The lowest BCUT2D eigenvalue weighted by Gasteiger charge is -2.31. The molecule has 1 aromatic carbocycles. The van der Waals surface area contributed by atoms with Crippen LogP contribution in [0.4, 0.5) is 0 Å². The van der Waals surface area contributed by atoms with Crippen molar-refractivity contribution in [3.8, 4) is 0 Å². The predicted molar refractivity (Wildman–Crippen MR) is 84.1 cm³/mol. The van der Waals surface area contributed by atoms with E-state index >= 15 is 0 Å². The molecule has 0 aromatic heterocycles. The minimum Gasteiger partial charge on any atom is -0.466 e. The number of benzene rings is 1. The summed E-state index contributed by atoms with van der Waals surface area (Å²) in [6, 6.07) is 5.72. The fourth-order valence-electron chi connectivity index (χ4n) is 2.54. The maximum atomic E-state index is 12.5. The summed E-state index contributed by atoms with van der Waals surface area (Å²) in [5, 5.41) is 0. The molecule has 1 fully saturated rings. The van der Waals surface area contributed by atoms with Crippen LogP contribution in [0.1, 0.15) is 35.7 Å². The van der Waals surface area contributed by atoms with Crippen molar-refractivity contribution in [3.63, 3.8) is 0 Å². The maximum absolute atomic E-state index is 12.5. The second-order valence-corrected chi connectivity index (χ2v) is 6.16. The molecule has 0 unspecified atom stereocenters. The van der Waals surface area contributed by atoms with Gasteiger partial charge in [-0.2, -0.15) is 0 Å². The van der Waals surface area contributed by atoms with Gasteiger partial charge < -0.3 is 9.64 Å². The number of amides is 1. The summed E-state index contributed by atoms with van der Waals surface area (Å²) in [5.74, 6) is -0.194. The number of hydrogen-bond acceptors (Lipinski definition) is 3. The summed E-state index contributed by atoms with van der Waals surface area (Å²) < 4.78 is 5.86. The van der Waals surface area contributed by atoms with Gasteiger partial charge in [0, 0.05) is 17.6 Å². The predicted octanol–water partition coefficient (Wildman–Crippen LogP) is 3.17. The Balaban J connectivity index is 1.98. The largest absolute Gasteiger partial charge is 0.466 e. The number of ether oxygens (including phenoxy) is 1. The molecule has 5 heteroatoms. The average Bonchev–Trinajstić information content (AvgIpc) is 2.47. The van der Waals surface area contributed by atoms with E-state index in [1.165, 1.54) is 0 Å². The van der Waals surface area contributed by atoms with Crippen molar-refractivity contribution < 1.29 is 14.3 Å². The van der Waals surface area contributed by atoms with E-state index in [0.29, 0.717) is 38.1 Å². The van der Waals surface area contributed by atoms with Crippen molar-refractivity contribution in [2.75, 3.05) is 19.7 Å². The molecule has 0 radical (unpaired) electrons. The Morgan fingerprint density at radius 1 is 1.33 bits per heavy atom. The Morgan fingerprint density at radius 2 is 2.00 bits per heavy atom. The highest BCUT2D eigenvalue weighted by Crippen LogP contribution is 2.24. The first-order valence-corrected chi connectivity index (χ1v) is 8.04. The standard InChI is InChI=1S/C16H20BrNO3/c1-3-21-16(20)12-6-8-18(9-7-12)15(19)13-5-4-11(2)10-14(13)17/h4-5,10,12H,3,6-9H2,1-2H3. The smallest absolute Gasteiger partial charge is 0.309 e. The number of halogens is 1. The van der Waals surface area contributed by atoms with Crippen molar-refractivity contribution in [1.29, 1.82) is 0 Å². The molecule has 1 aromatic rings. The summed E-state index contributed by atoms with van der Waals surface area (Å²) in [7, 11) is 0. The Morgan fingerprint density at radius 3 is 2.57 bits per heavy atom. The highest BCUT2D eigenvalue weighted by atomic mass is 79.9. The lowest BCUT2D eigenvalue weighted by Crippen LogP contribution is -2.40. The van der Waals surface area contributed by atoms with Gasteiger partial charge in [-0.15, -0.1) is 0 Å². The first-order valence-electron chi connectivity index (χ1n) is 7.25. The number of aryl methyl sites for hydroxylation is 1. The molecule has 1 amide bonds. The molecule has 1 heterocycles. The Kier molecular flexibility index (Phi) is 5.39. The van der Waals surface area contributed by atoms with Crippen LogP contribution in [-0.4, -0.2) is 36.5 Å². The Labute approximate surface area is 133 Å². The fourth-order valence-corrected chi connectivity index (χ4v) is 3.21. The molecule has 0 saturated carbocycles. The third-order valence-corrected chi connectivity index (χ3v) is 4.41. The molecular formula is C16H20BrNO3. The van der Waals surface area contributed by atoms with Crippen molar-refractivity contribution >= 4 is 27.8 Å². The first-order chi connectivity index (χ1) is 10.0. The van der Waals surface area contributed by atoms with Crippen LogP contribution in [0.3, 0.4) is 0 Å². The van der Waals surface area contributed by atoms with Crippen LogP contribution in [0.5, 0.6) is 0 Å². The van der Waals surface area contributed by atoms with E-state index in [2.05, 4.69) is 15.9 Å². The minimum atomic E-state index is -0.138. The zero-order valence-electron chi connectivity index (χ0n) is 12.4. The normalized spacial score (nSPS) is 15.9. The number of carbonyl (C=O) groups excluding carboxylic acids is 2. The number of esters is 1. The molecule has 0 atom stereocenters. The molecule has 0 spiro atoms. The third-order valence-electron chi connectivity index (χ3n) is 3.76. The van der Waals surface area contributed by atoms with E-state index in [1.807, 2.05) is 36.9 Å². The second kappa shape index (κ2) is 7.07. The van der Waals surface area contributed by atoms with Crippen LogP contribution in [-0.2, 0) is 9.53 Å². The summed E-state index contributed by atoms with van der Waals surface area (Å²) in [4.78, 5) is 26.0. The number of likely N-dealkylation sites (tertiary alicyclic amines) is 1. The van der Waals surface area contributed by atoms with Crippen LogP contribution in [0.25, 0.3) is 0 Å². The van der Waals surface area contributed by atoms with Crippen molar-refractivity contribution in [3.05, 3.63) is 33.8 Å². The molecule has 2 rings (SSSR count). The first kappa shape index (κ1) is 16.0. The topological polar surface area (TPSA) is 46.6 Å². The quantitative estimate of drug-likeness (QED) is 0.784. The van der Waals surface area contributed by atoms with Crippen molar-refractivity contribution in [2.24, 2.45) is 5.92 Å². The maximum Gasteiger partial charge on any atom is 0.309 e. The van der Waals surface area contributed by atoms with Gasteiger partial charge in [0.05, 0.1) is 18.1 Å². The molecule has 114 valence electrons. The van der Waals surface area contributed by atoms with Gasteiger partial charge in [0.1, 0.15) is 0 Å². The molecule has 1 aliphatic rings. The van der Waals surface area contributed by atoms with Gasteiger partial charge in [-0.25, -0.2) is 0 Å². The number of piperidine rings is 1. The van der Waals surface area contributed by atoms with Crippen LogP contribution in [0.15, 0.2) is 22.7 Å². The monoisotopic (exact) mass is 353 g/mol. The van der Waals surface area contributed by atoms with Gasteiger partial charge in [0.15, 0.2) is 0 Å². The van der Waals surface area contributed by atoms with E-state index < -0.39 is 0 Å². The van der Waals surface area contributed by atoms with E-state index in [1.54, 1.807) is 0 Å². The van der Waals surface area contributed by atoms with E-state index in [4.69, 9.17) is 4.74 Å². The molecular weight excluding hydrogens is 334 g/mol. The van der Waals surface area contributed by atoms with Crippen LogP contribution in [0, 0.1) is 12.8 Å². The lowest BCUT2D eigenvalue weighted by molar-refractivity contribution is -0.149. The molecule has 0 bridgehead atoms. The number of carbonyl (C=O) groups is 2. The van der Waals surface area contributed by atoms with Gasteiger partial charge in [-0.3, -0.25) is 9.59 Å². The molecule has 0 aliphatic carbocycles. The molecule has 4 nitrogen and oxygen atoms in total. The minimum absolute atomic E-state index is 0.0178. The zero-order valence-corrected chi connectivity index (χ0v) is 14.0. The van der Waals surface area contributed by atoms with E-state index in [-0.39, 0.29) is 17.8 Å². The van der Waals surface area contributed by atoms with E-state index in [0.717, 1.165) is 10.0 Å². The Bertz CT molecular complexity index is 536. The Hall–Kier alpha value is -1.36. The van der Waals surface area contributed by atoms with Gasteiger partial charge in [-0.05, 0) is 60.3 Å². The lowest BCUT2D eigenvalue weighted by atomic mass is 9.96. The summed E-state index contributed by atoms with van der Waals surface area (Å²) >= 11 is 3.45. The molecule has 1 aliphatic heterocycles. The number of rotatable bonds is 3. The average molecular weight is 354 g/mol. The highest BCUT2D eigenvalue weighted by molar-refractivity contribution is 9.10. The zero-order chi connectivity index (χ0) is 15.4. The van der Waals surface area contributed by atoms with Gasteiger partial charge in [0.2, 0.25) is 0 Å². The number of hydrogen-bond donors (Lipinski definition) is 0. The summed E-state index contributed by atoms with van der Waals surface area (Å²) in [5.41, 5.74) is 1.79. The van der Waals surface area contributed by atoms with Crippen molar-refractivity contribution in [1.82, 2.24) is 4.90 Å². The fraction of sp³-hybridized carbons (Fsp3) is 0.500. The van der Waals surface area contributed by atoms with Crippen LogP contribution in [0.2, 0.25) is 0 Å². The number of nitrogens with zero attached hydrogens (tertiary/aromatic N) is 1.